The molecule has 0 spiro atoms. The molecule has 9 heteroatoms. The summed E-state index contributed by atoms with van der Waals surface area (Å²) in [6.07, 6.45) is 2.12. The van der Waals surface area contributed by atoms with E-state index in [4.69, 9.17) is 9.47 Å². The lowest BCUT2D eigenvalue weighted by Gasteiger charge is -2.22. The SMILES string of the molecule is COc1ccc(OC)c(NC(=O)Nc2cc(C(=O)NCc3cccc(F)c3)ccc2N2CCCC2)c1. The van der Waals surface area contributed by atoms with Gasteiger partial charge in [-0.1, -0.05) is 12.1 Å². The van der Waals surface area contributed by atoms with E-state index < -0.39 is 6.03 Å². The number of hydrogen-bond acceptors (Lipinski definition) is 5. The Bertz CT molecular complexity index is 1240. The summed E-state index contributed by atoms with van der Waals surface area (Å²) < 4.78 is 24.0. The van der Waals surface area contributed by atoms with E-state index in [0.29, 0.717) is 34.0 Å². The minimum atomic E-state index is -0.487. The van der Waals surface area contributed by atoms with Gasteiger partial charge in [-0.15, -0.1) is 0 Å². The smallest absolute Gasteiger partial charge is 0.323 e. The van der Waals surface area contributed by atoms with Crippen molar-refractivity contribution in [1.29, 1.82) is 0 Å². The van der Waals surface area contributed by atoms with Crippen LogP contribution in [0.3, 0.4) is 0 Å². The van der Waals surface area contributed by atoms with Crippen molar-refractivity contribution in [3.05, 3.63) is 77.6 Å². The van der Waals surface area contributed by atoms with Gasteiger partial charge in [-0.25, -0.2) is 9.18 Å². The third kappa shape index (κ3) is 6.04. The van der Waals surface area contributed by atoms with Gasteiger partial charge in [0.2, 0.25) is 0 Å². The van der Waals surface area contributed by atoms with E-state index in [0.717, 1.165) is 31.6 Å². The molecule has 3 amide bonds. The maximum Gasteiger partial charge on any atom is 0.323 e. The minimum absolute atomic E-state index is 0.184. The lowest BCUT2D eigenvalue weighted by molar-refractivity contribution is 0.0951. The topological polar surface area (TPSA) is 91.9 Å². The third-order valence-corrected chi connectivity index (χ3v) is 5.95. The van der Waals surface area contributed by atoms with Gasteiger partial charge in [0.05, 0.1) is 31.3 Å². The normalized spacial score (nSPS) is 12.7. The highest BCUT2D eigenvalue weighted by atomic mass is 19.1. The number of nitrogens with zero attached hydrogens (tertiary/aromatic N) is 1. The van der Waals surface area contributed by atoms with Crippen LogP contribution in [0.2, 0.25) is 0 Å². The standard InChI is InChI=1S/C27H29FN4O4/c1-35-21-9-11-25(36-2)23(16-21)31-27(34)30-22-15-19(8-10-24(22)32-12-3-4-13-32)26(33)29-17-18-6-5-7-20(28)14-18/h5-11,14-16H,3-4,12-13,17H2,1-2H3,(H,29,33)(H2,30,31,34). The number of carbonyl (C=O) groups is 2. The molecule has 1 saturated heterocycles. The van der Waals surface area contributed by atoms with Crippen LogP contribution in [0.25, 0.3) is 0 Å². The quantitative estimate of drug-likeness (QED) is 0.411. The molecule has 188 valence electrons. The van der Waals surface area contributed by atoms with Gasteiger partial charge >= 0.3 is 6.03 Å². The molecule has 0 aliphatic carbocycles. The number of rotatable bonds is 8. The number of amides is 3. The van der Waals surface area contributed by atoms with Gasteiger partial charge in [0.1, 0.15) is 17.3 Å². The molecule has 1 fully saturated rings. The summed E-state index contributed by atoms with van der Waals surface area (Å²) >= 11 is 0. The predicted octanol–water partition coefficient (Wildman–Crippen LogP) is 5.02. The van der Waals surface area contributed by atoms with Crippen molar-refractivity contribution in [2.45, 2.75) is 19.4 Å². The zero-order chi connectivity index (χ0) is 25.5. The molecule has 3 aromatic rings. The molecule has 1 aliphatic heterocycles. The lowest BCUT2D eigenvalue weighted by atomic mass is 10.1. The molecule has 0 radical (unpaired) electrons. The highest BCUT2D eigenvalue weighted by Gasteiger charge is 2.20. The van der Waals surface area contributed by atoms with Crippen molar-refractivity contribution in [2.24, 2.45) is 0 Å². The molecule has 8 nitrogen and oxygen atoms in total. The van der Waals surface area contributed by atoms with E-state index in [2.05, 4.69) is 20.9 Å². The second-order valence-corrected chi connectivity index (χ2v) is 8.38. The summed E-state index contributed by atoms with van der Waals surface area (Å²) in [5.41, 5.74) is 2.82. The summed E-state index contributed by atoms with van der Waals surface area (Å²) in [6, 6.07) is 15.9. The Labute approximate surface area is 209 Å². The first-order chi connectivity index (χ1) is 17.5. The zero-order valence-electron chi connectivity index (χ0n) is 20.3. The Hall–Kier alpha value is -4.27. The van der Waals surface area contributed by atoms with Gasteiger partial charge in [0.25, 0.3) is 5.91 Å². The molecule has 1 aliphatic rings. The molecule has 3 N–H and O–H groups in total. The third-order valence-electron chi connectivity index (χ3n) is 5.95. The van der Waals surface area contributed by atoms with Crippen LogP contribution in [-0.4, -0.2) is 39.2 Å². The van der Waals surface area contributed by atoms with Gasteiger partial charge in [-0.05, 0) is 60.9 Å². The number of urea groups is 1. The number of anilines is 3. The number of carbonyl (C=O) groups excluding carboxylic acids is 2. The zero-order valence-corrected chi connectivity index (χ0v) is 20.3. The van der Waals surface area contributed by atoms with Crippen molar-refractivity contribution < 1.29 is 23.5 Å². The van der Waals surface area contributed by atoms with Crippen molar-refractivity contribution in [1.82, 2.24) is 5.32 Å². The summed E-state index contributed by atoms with van der Waals surface area (Å²) in [6.45, 7) is 1.92. The van der Waals surface area contributed by atoms with E-state index >= 15 is 0 Å². The Balaban J connectivity index is 1.53. The monoisotopic (exact) mass is 492 g/mol. The molecular formula is C27H29FN4O4. The number of methoxy groups -OCH3 is 2. The van der Waals surface area contributed by atoms with Crippen molar-refractivity contribution in [2.75, 3.05) is 42.8 Å². The van der Waals surface area contributed by atoms with Crippen LogP contribution < -0.4 is 30.3 Å². The Morgan fingerprint density at radius 1 is 0.917 bits per heavy atom. The number of ether oxygens (including phenoxy) is 2. The molecule has 0 saturated carbocycles. The summed E-state index contributed by atoms with van der Waals surface area (Å²) in [7, 11) is 3.06. The van der Waals surface area contributed by atoms with Gasteiger partial charge in [-0.3, -0.25) is 4.79 Å². The van der Waals surface area contributed by atoms with E-state index in [1.807, 2.05) is 6.07 Å². The minimum Gasteiger partial charge on any atom is -0.497 e. The van der Waals surface area contributed by atoms with E-state index in [1.54, 1.807) is 49.6 Å². The van der Waals surface area contributed by atoms with Gasteiger partial charge in [-0.2, -0.15) is 0 Å². The van der Waals surface area contributed by atoms with Crippen molar-refractivity contribution >= 4 is 29.0 Å². The lowest BCUT2D eigenvalue weighted by Crippen LogP contribution is -2.26. The fourth-order valence-corrected chi connectivity index (χ4v) is 4.13. The van der Waals surface area contributed by atoms with Crippen LogP contribution in [0.4, 0.5) is 26.2 Å². The fourth-order valence-electron chi connectivity index (χ4n) is 4.13. The molecule has 0 bridgehead atoms. The fraction of sp³-hybridized carbons (Fsp3) is 0.259. The first kappa shape index (κ1) is 24.8. The largest absolute Gasteiger partial charge is 0.497 e. The maximum absolute atomic E-state index is 13.4. The van der Waals surface area contributed by atoms with E-state index in [1.165, 1.54) is 19.2 Å². The average molecular weight is 493 g/mol. The number of benzene rings is 3. The molecule has 0 aromatic heterocycles. The Morgan fingerprint density at radius 3 is 2.42 bits per heavy atom. The number of nitrogens with one attached hydrogen (secondary N) is 3. The highest BCUT2D eigenvalue weighted by Crippen LogP contribution is 2.32. The predicted molar refractivity (Wildman–Crippen MR) is 138 cm³/mol. The van der Waals surface area contributed by atoms with Crippen molar-refractivity contribution in [3.63, 3.8) is 0 Å². The van der Waals surface area contributed by atoms with E-state index in [9.17, 15) is 14.0 Å². The van der Waals surface area contributed by atoms with Gasteiger partial charge in [0, 0.05) is 31.3 Å². The maximum atomic E-state index is 13.4. The van der Waals surface area contributed by atoms with Crippen LogP contribution in [0.15, 0.2) is 60.7 Å². The summed E-state index contributed by atoms with van der Waals surface area (Å²) in [5.74, 6) is 0.365. The highest BCUT2D eigenvalue weighted by molar-refractivity contribution is 6.04. The molecule has 36 heavy (non-hydrogen) atoms. The first-order valence-corrected chi connectivity index (χ1v) is 11.7. The van der Waals surface area contributed by atoms with E-state index in [-0.39, 0.29) is 18.3 Å². The van der Waals surface area contributed by atoms with Gasteiger partial charge < -0.3 is 30.3 Å². The second kappa shape index (κ2) is 11.4. The van der Waals surface area contributed by atoms with Crippen LogP contribution in [0.1, 0.15) is 28.8 Å². The Kier molecular flexibility index (Phi) is 7.89. The molecule has 1 heterocycles. The summed E-state index contributed by atoms with van der Waals surface area (Å²) in [4.78, 5) is 28.0. The number of halogens is 1. The Morgan fingerprint density at radius 2 is 1.69 bits per heavy atom. The van der Waals surface area contributed by atoms with Crippen LogP contribution in [0, 0.1) is 5.82 Å². The van der Waals surface area contributed by atoms with Crippen molar-refractivity contribution in [3.8, 4) is 11.5 Å². The van der Waals surface area contributed by atoms with Crippen LogP contribution in [0.5, 0.6) is 11.5 Å². The molecule has 4 rings (SSSR count). The second-order valence-electron chi connectivity index (χ2n) is 8.38. The first-order valence-electron chi connectivity index (χ1n) is 11.7. The average Bonchev–Trinajstić information content (AvgIpc) is 3.42. The van der Waals surface area contributed by atoms with Crippen LogP contribution >= 0.6 is 0 Å². The molecular weight excluding hydrogens is 463 g/mol. The van der Waals surface area contributed by atoms with Gasteiger partial charge in [0.15, 0.2) is 0 Å². The number of hydrogen-bond donors (Lipinski definition) is 3. The summed E-state index contributed by atoms with van der Waals surface area (Å²) in [5, 5.41) is 8.48. The molecule has 0 unspecified atom stereocenters. The molecule has 0 atom stereocenters. The molecule has 3 aromatic carbocycles. The van der Waals surface area contributed by atoms with Crippen LogP contribution in [-0.2, 0) is 6.54 Å².